The van der Waals surface area contributed by atoms with Crippen LogP contribution in [0.1, 0.15) is 7.43 Å². The van der Waals surface area contributed by atoms with Gasteiger partial charge in [0.15, 0.2) is 0 Å². The topological polar surface area (TPSA) is 31.5 Å². The van der Waals surface area contributed by atoms with Gasteiger partial charge in [-0.2, -0.15) is 13.5 Å². The minimum Gasteiger partial charge on any atom is -0.412 e. The molecule has 0 saturated carbocycles. The van der Waals surface area contributed by atoms with Crippen molar-refractivity contribution in [1.29, 1.82) is 0 Å². The van der Waals surface area contributed by atoms with E-state index < -0.39 is 0 Å². The second-order valence-electron chi connectivity index (χ2n) is 0. The summed E-state index contributed by atoms with van der Waals surface area (Å²) < 4.78 is 0. The summed E-state index contributed by atoms with van der Waals surface area (Å²) in [6.07, 6.45) is 0. The van der Waals surface area contributed by atoms with Gasteiger partial charge in [-0.3, -0.25) is 0 Å². The van der Waals surface area contributed by atoms with Crippen LogP contribution < -0.4 is 0 Å². The van der Waals surface area contributed by atoms with Crippen LogP contribution in [0.3, 0.4) is 0 Å². The Balaban J connectivity index is 0. The smallest absolute Gasteiger partial charge is 0.0776 e. The van der Waals surface area contributed by atoms with Gasteiger partial charge in [0, 0.05) is 0 Å². The molecule has 1 nitrogen and oxygen atoms in total. The summed E-state index contributed by atoms with van der Waals surface area (Å²) in [5.74, 6) is 0. The zero-order valence-corrected chi connectivity index (χ0v) is 4.12. The van der Waals surface area contributed by atoms with E-state index in [0.717, 1.165) is 0 Å². The molecule has 0 saturated heterocycles. The van der Waals surface area contributed by atoms with Gasteiger partial charge in [0.25, 0.3) is 0 Å². The van der Waals surface area contributed by atoms with Crippen LogP contribution in [0.15, 0.2) is 0 Å². The van der Waals surface area contributed by atoms with Crippen LogP contribution in [-0.4, -0.2) is 5.48 Å². The van der Waals surface area contributed by atoms with E-state index in [9.17, 15) is 0 Å². The third-order valence-corrected chi connectivity index (χ3v) is 0. The molecule has 0 aromatic carbocycles. The lowest BCUT2D eigenvalue weighted by molar-refractivity contribution is 0.824. The van der Waals surface area contributed by atoms with Gasteiger partial charge in [0.2, 0.25) is 0 Å². The standard InChI is InChI=1S/CH4.BrH.H2O.H2S/h1H4;1H;2*1H2. The van der Waals surface area contributed by atoms with Crippen molar-refractivity contribution in [3.8, 4) is 0 Å². The molecule has 3 heteroatoms. The molecule has 0 amide bonds. The van der Waals surface area contributed by atoms with Crippen molar-refractivity contribution < 1.29 is 5.48 Å². The lowest BCUT2D eigenvalue weighted by Crippen LogP contribution is -0.289. The van der Waals surface area contributed by atoms with E-state index in [2.05, 4.69) is 0 Å². The Kier molecular flexibility index (Phi) is 1300. The summed E-state index contributed by atoms with van der Waals surface area (Å²) in [5.41, 5.74) is 0. The zero-order valence-electron chi connectivity index (χ0n) is 1.41. The largest absolute Gasteiger partial charge is 0.412 e. The molecule has 0 aromatic rings. The van der Waals surface area contributed by atoms with Crippen LogP contribution in [0.4, 0.5) is 0 Å². The Morgan fingerprint density at radius 2 is 1.00 bits per heavy atom. The molecule has 0 spiro atoms. The summed E-state index contributed by atoms with van der Waals surface area (Å²) in [6.45, 7) is 0. The first-order valence-electron chi connectivity index (χ1n) is 0. The molecule has 0 unspecified atom stereocenters. The highest BCUT2D eigenvalue weighted by Crippen LogP contribution is 0.846. The first-order valence-corrected chi connectivity index (χ1v) is 0. The molecule has 0 aliphatic rings. The molecular formula is CH9BrOS. The highest BCUT2D eigenvalue weighted by Gasteiger charge is -0.0775. The SMILES string of the molecule is Br.C.O.S. The van der Waals surface area contributed by atoms with Crippen LogP contribution in [0.25, 0.3) is 0 Å². The lowest BCUT2D eigenvalue weighted by atomic mass is 12.0. The Labute approximate surface area is 43.9 Å². The van der Waals surface area contributed by atoms with E-state index in [-0.39, 0.29) is 43.4 Å². The fourth-order valence-corrected chi connectivity index (χ4v) is 0. The number of rotatable bonds is 0. The van der Waals surface area contributed by atoms with Crippen molar-refractivity contribution in [2.75, 3.05) is 0 Å². The van der Waals surface area contributed by atoms with E-state index in [0.29, 0.717) is 0 Å². The molecule has 4 heavy (non-hydrogen) atoms. The summed E-state index contributed by atoms with van der Waals surface area (Å²) in [5, 5.41) is 0. The number of hydrogen-bond acceptors (Lipinski definition) is 0. The van der Waals surface area contributed by atoms with Crippen LogP contribution in [0.2, 0.25) is 0 Å². The predicted octanol–water partition coefficient (Wildman–Crippen LogP) is 0.502. The molecule has 0 radical (unpaired) electrons. The second-order valence-corrected chi connectivity index (χ2v) is 0. The summed E-state index contributed by atoms with van der Waals surface area (Å²) in [6, 6.07) is 0. The van der Waals surface area contributed by atoms with Crippen LogP contribution in [0.5, 0.6) is 0 Å². The fraction of sp³-hybridized carbons (Fsp3) is 1.00. The molecule has 0 atom stereocenters. The van der Waals surface area contributed by atoms with Gasteiger partial charge in [-0.05, 0) is 0 Å². The van der Waals surface area contributed by atoms with Gasteiger partial charge in [0.1, 0.15) is 0 Å². The Hall–Kier alpha value is 0.790. The summed E-state index contributed by atoms with van der Waals surface area (Å²) >= 11 is 0. The van der Waals surface area contributed by atoms with Gasteiger partial charge in [-0.25, -0.2) is 0 Å². The van der Waals surface area contributed by atoms with E-state index in [1.54, 1.807) is 0 Å². The molecule has 0 heterocycles. The summed E-state index contributed by atoms with van der Waals surface area (Å²) in [4.78, 5) is 0. The van der Waals surface area contributed by atoms with Gasteiger partial charge < -0.3 is 5.48 Å². The maximum absolute atomic E-state index is 0. The highest BCUT2D eigenvalue weighted by molar-refractivity contribution is 8.93. The van der Waals surface area contributed by atoms with Crippen molar-refractivity contribution in [3.05, 3.63) is 0 Å². The normalized spacial score (nSPS) is 0. The number of halogens is 1. The molecule has 0 aliphatic heterocycles. The second kappa shape index (κ2) is 47.3. The van der Waals surface area contributed by atoms with Crippen molar-refractivity contribution in [2.24, 2.45) is 0 Å². The first kappa shape index (κ1) is 110. The van der Waals surface area contributed by atoms with Crippen LogP contribution in [-0.2, 0) is 0 Å². The predicted molar refractivity (Wildman–Crippen MR) is 31.0 cm³/mol. The lowest BCUT2D eigenvalue weighted by Gasteiger charge is -0.412. The average molecular weight is 149 g/mol. The third kappa shape index (κ3) is 14.3. The molecule has 0 bridgehead atoms. The van der Waals surface area contributed by atoms with Crippen molar-refractivity contribution in [2.45, 2.75) is 7.43 Å². The van der Waals surface area contributed by atoms with Crippen LogP contribution >= 0.6 is 30.5 Å². The Morgan fingerprint density at radius 3 is 1.00 bits per heavy atom. The third-order valence-electron chi connectivity index (χ3n) is 0. The van der Waals surface area contributed by atoms with E-state index in [4.69, 9.17) is 0 Å². The molecule has 2 N–H and O–H groups in total. The molecule has 0 fully saturated rings. The van der Waals surface area contributed by atoms with E-state index >= 15 is 0 Å². The van der Waals surface area contributed by atoms with Gasteiger partial charge in [-0.1, -0.05) is 7.43 Å². The van der Waals surface area contributed by atoms with Gasteiger partial charge >= 0.3 is 0 Å². The molecule has 32 valence electrons. The quantitative estimate of drug-likeness (QED) is 0.480. The summed E-state index contributed by atoms with van der Waals surface area (Å²) in [7, 11) is 0. The minimum atomic E-state index is 0. The van der Waals surface area contributed by atoms with E-state index in [1.165, 1.54) is 0 Å². The Morgan fingerprint density at radius 1 is 1.00 bits per heavy atom. The zero-order chi connectivity index (χ0) is 0. The van der Waals surface area contributed by atoms with Crippen LogP contribution in [0, 0.1) is 0 Å². The monoisotopic (exact) mass is 148 g/mol. The molecule has 0 rings (SSSR count). The number of hydrogen-bond donors (Lipinski definition) is 0. The minimum absolute atomic E-state index is 0. The molecular weight excluding hydrogens is 140 g/mol. The highest BCUT2D eigenvalue weighted by atomic mass is 79.9. The first-order chi connectivity index (χ1) is 0. The van der Waals surface area contributed by atoms with Gasteiger partial charge in [0.05, 0.1) is 0 Å². The van der Waals surface area contributed by atoms with Crippen molar-refractivity contribution in [3.63, 3.8) is 0 Å². The van der Waals surface area contributed by atoms with E-state index in [1.807, 2.05) is 0 Å². The van der Waals surface area contributed by atoms with Gasteiger partial charge in [-0.15, -0.1) is 17.0 Å². The molecule has 0 aromatic heterocycles. The fourth-order valence-electron chi connectivity index (χ4n) is 0. The molecule has 0 aliphatic carbocycles. The maximum Gasteiger partial charge on any atom is -0.0776 e. The average Bonchev–Trinajstić information content (AvgIpc) is 0. The Bertz CT molecular complexity index is 8.00. The maximum atomic E-state index is 0. The van der Waals surface area contributed by atoms with Crippen molar-refractivity contribution in [1.82, 2.24) is 0 Å². The van der Waals surface area contributed by atoms with Crippen molar-refractivity contribution >= 4 is 30.5 Å².